The number of fused-ring (bicyclic) bond motifs is 5. The normalized spacial score (nSPS) is 26.7. The molecule has 8 unspecified atom stereocenters. The third-order valence-corrected chi connectivity index (χ3v) is 26.0. The number of esters is 1. The van der Waals surface area contributed by atoms with Crippen LogP contribution in [0, 0.1) is 29.6 Å². The number of oxazole rings is 1. The zero-order valence-corrected chi connectivity index (χ0v) is 77.5. The first-order valence-electron chi connectivity index (χ1n) is 46.5. The summed E-state index contributed by atoms with van der Waals surface area (Å²) in [7, 11) is 3.21. The van der Waals surface area contributed by atoms with Gasteiger partial charge in [-0.2, -0.15) is 10.1 Å². The first kappa shape index (κ1) is 99.6. The number of nitrogens with one attached hydrogen (secondary N) is 1. The molecule has 8 aromatic rings. The van der Waals surface area contributed by atoms with E-state index in [0.29, 0.717) is 163 Å². The molecule has 1 saturated carbocycles. The third kappa shape index (κ3) is 26.2. The van der Waals surface area contributed by atoms with Gasteiger partial charge in [-0.3, -0.25) is 28.9 Å². The maximum atomic E-state index is 14.9. The van der Waals surface area contributed by atoms with Crippen LogP contribution in [-0.4, -0.2) is 286 Å². The van der Waals surface area contributed by atoms with Gasteiger partial charge in [0.2, 0.25) is 17.6 Å². The number of ketones is 3. The average Bonchev–Trinajstić information content (AvgIpc) is 1.62. The zero-order valence-electron chi connectivity index (χ0n) is 77.5. The van der Waals surface area contributed by atoms with E-state index in [2.05, 4.69) is 56.8 Å². The van der Waals surface area contributed by atoms with E-state index >= 15 is 0 Å². The molecule has 38 heteroatoms. The first-order valence-corrected chi connectivity index (χ1v) is 46.5. The Kier molecular flexibility index (Phi) is 35.8. The number of nitrogens with zero attached hydrogens (tertiary/aromatic N) is 16. The van der Waals surface area contributed by atoms with Crippen LogP contribution in [0.3, 0.4) is 0 Å². The van der Waals surface area contributed by atoms with Crippen LogP contribution < -0.4 is 27.4 Å². The molecule has 10 N–H and O–H groups in total. The molecular formula is C95H130N20O18. The van der Waals surface area contributed by atoms with E-state index in [9.17, 15) is 44.1 Å². The van der Waals surface area contributed by atoms with Crippen LogP contribution in [0.1, 0.15) is 150 Å². The van der Waals surface area contributed by atoms with Crippen molar-refractivity contribution in [3.63, 3.8) is 0 Å². The third-order valence-electron chi connectivity index (χ3n) is 26.0. The van der Waals surface area contributed by atoms with Crippen LogP contribution >= 0.6 is 0 Å². The molecule has 1 aliphatic carbocycles. The Bertz CT molecular complexity index is 5340. The molecule has 3 saturated heterocycles. The number of aryl methyl sites for hydroxylation is 1. The van der Waals surface area contributed by atoms with Gasteiger partial charge in [0.05, 0.1) is 107 Å². The number of methoxy groups -OCH3 is 2. The van der Waals surface area contributed by atoms with Gasteiger partial charge in [0.1, 0.15) is 53.5 Å². The maximum Gasteiger partial charge on any atom is 0.329 e. The number of aliphatic hydroxyl groups excluding tert-OH is 2. The highest BCUT2D eigenvalue weighted by molar-refractivity contribution is 6.39. The molecule has 133 heavy (non-hydrogen) atoms. The summed E-state index contributed by atoms with van der Waals surface area (Å²) in [6, 6.07) is 11.2. The number of nitrogens with two attached hydrogens (primary N) is 3. The average molecular weight is 1840 g/mol. The maximum absolute atomic E-state index is 14.9. The standard InChI is InChI=1S/C95H130N20O18/c1-59-17-10-9-11-18-60(2)79(125-7)51-71-25-22-64(6)95(124,133-71)88(121)91(122)113-30-14-12-21-75(113)92(123)131-80(52-77(116)61(3)46-63(5)86(119)87(120)85(118)62(4)45-59)72(96)47-65-23-26-74(81(48-65)126-8)115-76(55-104-108-115)67-20-16-19-66(49-67)69-53-100-94(101-54-69)111-34-32-110(33-35-111)56-70-57-112(109-106-70)36-38-128-40-42-130-44-43-129-41-39-127-37-28-82(117)99-29-13-15-31-114-90-83(89(97)102-58-103-90)84(107-114)68-24-27-78-73(50-68)105-93(98)132-78/h9-11,16-20,24,27,46,49-50,53-55,57-59,61-62,64-65,71-72,74-75,79-81,86-87,119-120,124H,12-15,21-23,25-26,28-45,47-48,51-52,56,96H2,1-8H3,(H2,98,105)(H,99,117)(H2,97,102,103)/b11-9+,17-10+,60-18+,63-46+/t59?,61?,62?,64-,65?,71+,72-,74+,75?,79?,80?,81-,86?,87+,95-/m1/s1. The number of Topliss-reactive ketones (excluding diaryl/α,β-unsaturated/α-hetero) is 3. The van der Waals surface area contributed by atoms with Gasteiger partial charge in [0, 0.05) is 145 Å². The smallest absolute Gasteiger partial charge is 0.329 e. The molecule has 718 valence electrons. The highest BCUT2D eigenvalue weighted by Crippen LogP contribution is 2.42. The molecule has 4 aliphatic heterocycles. The number of ether oxygens (including phenoxy) is 8. The number of benzene rings is 2. The van der Waals surface area contributed by atoms with E-state index < -0.39 is 95.4 Å². The largest absolute Gasteiger partial charge is 0.459 e. The summed E-state index contributed by atoms with van der Waals surface area (Å²) >= 11 is 0. The number of aromatic nitrogens is 13. The van der Waals surface area contributed by atoms with Crippen LogP contribution in [0.15, 0.2) is 126 Å². The van der Waals surface area contributed by atoms with Gasteiger partial charge < -0.3 is 89.9 Å². The lowest BCUT2D eigenvalue weighted by Gasteiger charge is -2.42. The Labute approximate surface area is 774 Å². The fourth-order valence-electron chi connectivity index (χ4n) is 18.3. The van der Waals surface area contributed by atoms with Crippen molar-refractivity contribution in [2.75, 3.05) is 123 Å². The minimum Gasteiger partial charge on any atom is -0.459 e. The molecule has 2 aromatic carbocycles. The number of aliphatic hydroxyl groups is 3. The summed E-state index contributed by atoms with van der Waals surface area (Å²) in [5.41, 5.74) is 27.7. The number of hydrogen-bond donors (Lipinski definition) is 7. The van der Waals surface area contributed by atoms with Gasteiger partial charge in [-0.05, 0) is 144 Å². The molecular weight excluding hydrogens is 1710 g/mol. The van der Waals surface area contributed by atoms with Crippen molar-refractivity contribution in [1.82, 2.24) is 79.8 Å². The van der Waals surface area contributed by atoms with Gasteiger partial charge >= 0.3 is 5.97 Å². The van der Waals surface area contributed by atoms with E-state index in [0.717, 1.165) is 83.1 Å². The number of unbranched alkanes of at least 4 members (excludes halogenated alkanes) is 1. The molecule has 0 spiro atoms. The number of piperidine rings is 1. The number of piperazine rings is 1. The van der Waals surface area contributed by atoms with Crippen LogP contribution in [0.5, 0.6) is 0 Å². The topological polar surface area (TPSA) is 494 Å². The van der Waals surface area contributed by atoms with E-state index in [4.69, 9.17) is 74.6 Å². The lowest BCUT2D eigenvalue weighted by Crippen LogP contribution is -2.61. The summed E-state index contributed by atoms with van der Waals surface area (Å²) in [5, 5.41) is 61.2. The predicted octanol–water partition coefficient (Wildman–Crippen LogP) is 7.89. The van der Waals surface area contributed by atoms with Gasteiger partial charge in [0.15, 0.2) is 17.0 Å². The Morgan fingerprint density at radius 2 is 1.49 bits per heavy atom. The van der Waals surface area contributed by atoms with Crippen LogP contribution in [-0.2, 0) is 86.3 Å². The summed E-state index contributed by atoms with van der Waals surface area (Å²) in [4.78, 5) is 113. The number of cyclic esters (lactones) is 1. The lowest BCUT2D eigenvalue weighted by molar-refractivity contribution is -0.265. The molecule has 2 amide bonds. The van der Waals surface area contributed by atoms with Crippen LogP contribution in [0.2, 0.25) is 0 Å². The fourth-order valence-corrected chi connectivity index (χ4v) is 18.3. The number of carbonyl (C=O) groups excluding carboxylic acids is 6. The zero-order chi connectivity index (χ0) is 94.2. The Morgan fingerprint density at radius 1 is 0.737 bits per heavy atom. The number of amides is 2. The Balaban J connectivity index is 0.527. The van der Waals surface area contributed by atoms with Crippen molar-refractivity contribution in [3.8, 4) is 33.6 Å². The summed E-state index contributed by atoms with van der Waals surface area (Å²) in [6.07, 6.45) is 19.4. The lowest BCUT2D eigenvalue weighted by atomic mass is 9.79. The molecule has 13 rings (SSSR count). The van der Waals surface area contributed by atoms with Crippen molar-refractivity contribution < 1.29 is 86.4 Å². The van der Waals surface area contributed by atoms with Gasteiger partial charge in [-0.15, -0.1) is 10.2 Å². The van der Waals surface area contributed by atoms with Crippen molar-refractivity contribution >= 4 is 75.0 Å². The number of hydrogen-bond acceptors (Lipinski definition) is 33. The summed E-state index contributed by atoms with van der Waals surface area (Å²) in [5.74, 6) is -8.24. The van der Waals surface area contributed by atoms with E-state index in [1.54, 1.807) is 56.6 Å². The van der Waals surface area contributed by atoms with Gasteiger partial charge in [-0.25, -0.2) is 38.8 Å². The number of allylic oxidation sites excluding steroid dienone is 6. The Hall–Kier alpha value is -10.9. The second-order valence-corrected chi connectivity index (χ2v) is 35.7. The number of carbonyl (C=O) groups is 6. The van der Waals surface area contributed by atoms with Crippen LogP contribution in [0.25, 0.3) is 55.8 Å². The van der Waals surface area contributed by atoms with Crippen molar-refractivity contribution in [2.24, 2.45) is 35.3 Å². The summed E-state index contributed by atoms with van der Waals surface area (Å²) in [6.45, 7) is 18.7. The molecule has 2 bridgehead atoms. The number of anilines is 3. The van der Waals surface area contributed by atoms with E-state index in [1.165, 1.54) is 19.3 Å². The van der Waals surface area contributed by atoms with Gasteiger partial charge in [0.25, 0.3) is 17.7 Å². The highest BCUT2D eigenvalue weighted by Gasteiger charge is 2.53. The Morgan fingerprint density at radius 3 is 2.25 bits per heavy atom. The number of rotatable bonds is 32. The molecule has 38 nitrogen and oxygen atoms in total. The second-order valence-electron chi connectivity index (χ2n) is 35.7. The fraction of sp³-hybridized carbons (Fsp3) is 0.579. The number of nitrogen functional groups attached to an aromatic ring is 2. The quantitative estimate of drug-likeness (QED) is 0.00911. The van der Waals surface area contributed by atoms with Crippen LogP contribution in [0.4, 0.5) is 17.8 Å². The highest BCUT2D eigenvalue weighted by atomic mass is 16.6. The molecule has 10 heterocycles. The minimum atomic E-state index is -2.51. The van der Waals surface area contributed by atoms with Crippen molar-refractivity contribution in [1.29, 1.82) is 0 Å². The summed E-state index contributed by atoms with van der Waals surface area (Å²) < 4.78 is 58.4. The minimum absolute atomic E-state index is 0.0107. The van der Waals surface area contributed by atoms with E-state index in [1.807, 2.05) is 97.8 Å². The molecule has 15 atom stereocenters. The molecule has 0 radical (unpaired) electrons. The van der Waals surface area contributed by atoms with Crippen molar-refractivity contribution in [3.05, 3.63) is 127 Å². The molecule has 4 fully saturated rings. The monoisotopic (exact) mass is 1840 g/mol. The SMILES string of the molecule is COC1C[C@@H]2CC[C@@H](C)[C@@](O)(O2)C(=O)C(=O)N2CCCCC2C(=O)OC([C@H](N)CC2CC[C@H](n3nncc3-c3cccc(-c4cnc(N5CCN(Cc6cn(CCOCCOCCOCCOCCC(=O)NCCCCn7nc(-c8ccc9oc(N)nc9c8)c8c(N)ncnc87)nn6)CC5)nc4)c3)[C@H](OC)C2)CC(=O)C(C)/C=C(\C)C(O)[C@@H](O)C(=O)C(C)CC(C)/C=C/C=C/C=C/1C. The van der Waals surface area contributed by atoms with Crippen molar-refractivity contribution in [2.45, 2.75) is 218 Å². The van der Waals surface area contributed by atoms with E-state index in [-0.39, 0.29) is 86.7 Å². The molecule has 5 aliphatic rings. The second kappa shape index (κ2) is 47.8. The first-order chi connectivity index (χ1) is 64.2. The van der Waals surface area contributed by atoms with Gasteiger partial charge in [-0.1, -0.05) is 92.8 Å². The molecule has 6 aromatic heterocycles. The predicted molar refractivity (Wildman–Crippen MR) is 493 cm³/mol.